The Labute approximate surface area is 221 Å². The second-order valence-corrected chi connectivity index (χ2v) is 12.7. The van der Waals surface area contributed by atoms with Crippen LogP contribution in [0.3, 0.4) is 0 Å². The molecule has 3 heterocycles. The van der Waals surface area contributed by atoms with Crippen LogP contribution in [0.2, 0.25) is 0 Å². The van der Waals surface area contributed by atoms with Crippen LogP contribution in [0.1, 0.15) is 66.5 Å². The van der Waals surface area contributed by atoms with Crippen molar-refractivity contribution in [3.63, 3.8) is 0 Å². The predicted octanol–water partition coefficient (Wildman–Crippen LogP) is 3.97. The van der Waals surface area contributed by atoms with Gasteiger partial charge in [0.2, 0.25) is 5.95 Å². The van der Waals surface area contributed by atoms with Crippen LogP contribution in [-0.2, 0) is 16.5 Å². The lowest BCUT2D eigenvalue weighted by Gasteiger charge is -2.51. The third-order valence-electron chi connectivity index (χ3n) is 6.78. The van der Waals surface area contributed by atoms with E-state index in [-0.39, 0.29) is 23.1 Å². The number of hydrogen-bond acceptors (Lipinski definition) is 7. The van der Waals surface area contributed by atoms with Crippen LogP contribution in [0.15, 0.2) is 9.27 Å². The molecule has 0 saturated carbocycles. The third kappa shape index (κ3) is 6.52. The Hall–Kier alpha value is -2.30. The van der Waals surface area contributed by atoms with Gasteiger partial charge in [-0.3, -0.25) is 9.36 Å². The molecule has 3 rings (SSSR count). The first-order valence-electron chi connectivity index (χ1n) is 12.5. The minimum Gasteiger partial charge on any atom is -0.444 e. The van der Waals surface area contributed by atoms with Gasteiger partial charge in [0.25, 0.3) is 5.56 Å². The van der Waals surface area contributed by atoms with Crippen molar-refractivity contribution in [2.75, 3.05) is 31.1 Å². The minimum atomic E-state index is -0.629. The summed E-state index contributed by atoms with van der Waals surface area (Å²) in [4.78, 5) is 46.6. The molecule has 1 unspecified atom stereocenters. The van der Waals surface area contributed by atoms with Crippen LogP contribution >= 0.6 is 15.9 Å². The number of carbonyl (C=O) groups excluding carboxylic acids is 2. The second-order valence-electron chi connectivity index (χ2n) is 11.9. The van der Waals surface area contributed by atoms with E-state index in [0.29, 0.717) is 42.3 Å². The number of nitrogens with one attached hydrogen (secondary N) is 1. The minimum absolute atomic E-state index is 0.118. The van der Waals surface area contributed by atoms with E-state index >= 15 is 0 Å². The number of amides is 2. The van der Waals surface area contributed by atoms with Gasteiger partial charge in [-0.25, -0.2) is 14.6 Å². The van der Waals surface area contributed by atoms with E-state index in [1.165, 1.54) is 0 Å². The first kappa shape index (κ1) is 28.3. The van der Waals surface area contributed by atoms with Gasteiger partial charge in [0.1, 0.15) is 15.7 Å². The zero-order valence-corrected chi connectivity index (χ0v) is 24.3. The third-order valence-corrected chi connectivity index (χ3v) is 7.70. The van der Waals surface area contributed by atoms with Gasteiger partial charge in [0, 0.05) is 33.2 Å². The fourth-order valence-corrected chi connectivity index (χ4v) is 5.23. The van der Waals surface area contributed by atoms with Crippen LogP contribution in [-0.4, -0.2) is 70.1 Å². The van der Waals surface area contributed by atoms with Crippen molar-refractivity contribution in [1.29, 1.82) is 0 Å². The smallest absolute Gasteiger partial charge is 0.410 e. The first-order valence-corrected chi connectivity index (χ1v) is 13.3. The van der Waals surface area contributed by atoms with Gasteiger partial charge in [-0.05, 0) is 89.1 Å². The number of aryl methyl sites for hydroxylation is 1. The Morgan fingerprint density at radius 2 is 1.58 bits per heavy atom. The Morgan fingerprint density at radius 3 is 2.14 bits per heavy atom. The van der Waals surface area contributed by atoms with E-state index in [1.807, 2.05) is 48.5 Å². The largest absolute Gasteiger partial charge is 0.444 e. The number of anilines is 1. The molecule has 2 aliphatic rings. The number of alkyl carbamates (subject to hydrolysis) is 1. The lowest BCUT2D eigenvalue weighted by atomic mass is 9.68. The maximum Gasteiger partial charge on any atom is 0.410 e. The van der Waals surface area contributed by atoms with Gasteiger partial charge >= 0.3 is 12.2 Å². The van der Waals surface area contributed by atoms with Crippen LogP contribution in [0, 0.1) is 12.3 Å². The monoisotopic (exact) mass is 569 g/mol. The summed E-state index contributed by atoms with van der Waals surface area (Å²) in [7, 11) is 1.73. The fourth-order valence-electron chi connectivity index (χ4n) is 4.88. The summed E-state index contributed by atoms with van der Waals surface area (Å²) in [6, 6.07) is -0.292. The fraction of sp³-hybridized carbons (Fsp3) is 0.760. The van der Waals surface area contributed by atoms with Crippen LogP contribution in [0.25, 0.3) is 0 Å². The van der Waals surface area contributed by atoms with Crippen LogP contribution < -0.4 is 15.8 Å². The second kappa shape index (κ2) is 10.2. The van der Waals surface area contributed by atoms with Crippen molar-refractivity contribution >= 4 is 34.1 Å². The molecule has 2 aliphatic heterocycles. The number of nitrogens with zero attached hydrogens (tertiary/aromatic N) is 4. The molecule has 11 heteroatoms. The van der Waals surface area contributed by atoms with E-state index in [4.69, 9.17) is 9.47 Å². The van der Waals surface area contributed by atoms with Crippen molar-refractivity contribution in [3.05, 3.63) is 20.5 Å². The van der Waals surface area contributed by atoms with Crippen molar-refractivity contribution in [2.24, 2.45) is 12.5 Å². The van der Waals surface area contributed by atoms with Gasteiger partial charge < -0.3 is 24.6 Å². The molecule has 1 atom stereocenters. The van der Waals surface area contributed by atoms with E-state index in [1.54, 1.807) is 16.5 Å². The summed E-state index contributed by atoms with van der Waals surface area (Å²) in [5.74, 6) is 0.637. The number of hydrogen-bond donors (Lipinski definition) is 1. The van der Waals surface area contributed by atoms with Gasteiger partial charge in [0.05, 0.1) is 11.7 Å². The normalized spacial score (nSPS) is 20.3. The highest BCUT2D eigenvalue weighted by Gasteiger charge is 2.47. The number of likely N-dealkylation sites (tertiary alicyclic amines) is 1. The van der Waals surface area contributed by atoms with Crippen molar-refractivity contribution in [2.45, 2.75) is 85.0 Å². The van der Waals surface area contributed by atoms with Crippen molar-refractivity contribution < 1.29 is 19.1 Å². The molecule has 36 heavy (non-hydrogen) atoms. The quantitative estimate of drug-likeness (QED) is 0.574. The Kier molecular flexibility index (Phi) is 8.03. The highest BCUT2D eigenvalue weighted by atomic mass is 79.9. The van der Waals surface area contributed by atoms with E-state index in [0.717, 1.165) is 19.3 Å². The molecule has 2 amide bonds. The van der Waals surface area contributed by atoms with Crippen LogP contribution in [0.5, 0.6) is 0 Å². The summed E-state index contributed by atoms with van der Waals surface area (Å²) in [5, 5.41) is 3.07. The zero-order valence-electron chi connectivity index (χ0n) is 22.7. The van der Waals surface area contributed by atoms with Crippen LogP contribution in [0.4, 0.5) is 15.5 Å². The molecule has 202 valence electrons. The summed E-state index contributed by atoms with van der Waals surface area (Å²) < 4.78 is 13.2. The Bertz CT molecular complexity index is 1050. The highest BCUT2D eigenvalue weighted by Crippen LogP contribution is 2.42. The lowest BCUT2D eigenvalue weighted by Crippen LogP contribution is -2.62. The molecule has 0 radical (unpaired) electrons. The summed E-state index contributed by atoms with van der Waals surface area (Å²) in [5.41, 5.74) is -0.903. The topological polar surface area (TPSA) is 106 Å². The SMILES string of the molecule is Cc1nc(N2CCC3(CCN(C(=O)OC(C)(C)C)CC3NC(=O)OC(C)(C)C)CC2)n(C)c(=O)c1Br. The molecule has 0 bridgehead atoms. The molecule has 0 aromatic carbocycles. The number of aromatic nitrogens is 2. The van der Waals surface area contributed by atoms with Gasteiger partial charge in [-0.15, -0.1) is 0 Å². The van der Waals surface area contributed by atoms with Gasteiger partial charge in [-0.1, -0.05) is 0 Å². The standard InChI is InChI=1S/C25H40BrN5O5/c1-16-18(26)19(32)29(8)20(27-16)30-12-9-25(10-13-30)11-14-31(22(34)36-24(5,6)7)15-17(25)28-21(33)35-23(2,3)4/h17H,9-15H2,1-8H3,(H,28,33). The number of piperidine rings is 2. The van der Waals surface area contributed by atoms with E-state index in [9.17, 15) is 14.4 Å². The molecule has 1 aromatic rings. The summed E-state index contributed by atoms with van der Waals surface area (Å²) in [6.45, 7) is 15.1. The summed E-state index contributed by atoms with van der Waals surface area (Å²) >= 11 is 3.32. The maximum atomic E-state index is 12.8. The predicted molar refractivity (Wildman–Crippen MR) is 141 cm³/mol. The van der Waals surface area contributed by atoms with Gasteiger partial charge in [-0.2, -0.15) is 0 Å². The number of halogens is 1. The first-order chi connectivity index (χ1) is 16.5. The highest BCUT2D eigenvalue weighted by molar-refractivity contribution is 9.10. The van der Waals surface area contributed by atoms with Crippen molar-refractivity contribution in [1.82, 2.24) is 19.8 Å². The molecule has 2 fully saturated rings. The van der Waals surface area contributed by atoms with Gasteiger partial charge in [0.15, 0.2) is 0 Å². The molecular weight excluding hydrogens is 530 g/mol. The molecule has 1 N–H and O–H groups in total. The van der Waals surface area contributed by atoms with E-state index in [2.05, 4.69) is 31.1 Å². The maximum absolute atomic E-state index is 12.8. The van der Waals surface area contributed by atoms with E-state index < -0.39 is 17.3 Å². The Balaban J connectivity index is 1.81. The Morgan fingerprint density at radius 1 is 1.03 bits per heavy atom. The number of carbonyl (C=O) groups is 2. The molecule has 1 spiro atoms. The average molecular weight is 571 g/mol. The lowest BCUT2D eigenvalue weighted by molar-refractivity contribution is -0.0106. The summed E-state index contributed by atoms with van der Waals surface area (Å²) in [6.07, 6.45) is 1.41. The number of rotatable bonds is 2. The molecule has 2 saturated heterocycles. The average Bonchev–Trinajstić information content (AvgIpc) is 2.74. The molecular formula is C25H40BrN5O5. The molecule has 10 nitrogen and oxygen atoms in total. The molecule has 0 aliphatic carbocycles. The zero-order chi connectivity index (χ0) is 27.1. The number of ether oxygens (including phenoxy) is 2. The molecule has 1 aromatic heterocycles. The van der Waals surface area contributed by atoms with Crippen molar-refractivity contribution in [3.8, 4) is 0 Å².